The number of hydrogen-bond donors (Lipinski definition) is 1. The van der Waals surface area contributed by atoms with Gasteiger partial charge in [-0.1, -0.05) is 6.07 Å². The maximum absolute atomic E-state index is 13.0. The van der Waals surface area contributed by atoms with Crippen molar-refractivity contribution in [1.82, 2.24) is 0 Å². The molecule has 0 radical (unpaired) electrons. The number of benzene rings is 1. The Kier molecular flexibility index (Phi) is 4.33. The van der Waals surface area contributed by atoms with E-state index in [-0.39, 0.29) is 5.82 Å². The van der Waals surface area contributed by atoms with Gasteiger partial charge in [0.05, 0.1) is 6.10 Å². The number of aryl methyl sites for hydroxylation is 1. The van der Waals surface area contributed by atoms with Gasteiger partial charge in [0.2, 0.25) is 0 Å². The fourth-order valence-electron chi connectivity index (χ4n) is 1.46. The lowest BCUT2D eigenvalue weighted by Gasteiger charge is -2.12. The summed E-state index contributed by atoms with van der Waals surface area (Å²) in [6.45, 7) is 3.63. The molecule has 1 rings (SSSR count). The van der Waals surface area contributed by atoms with E-state index < -0.39 is 6.10 Å². The van der Waals surface area contributed by atoms with Gasteiger partial charge in [-0.2, -0.15) is 0 Å². The van der Waals surface area contributed by atoms with Crippen LogP contribution in [0.4, 0.5) is 4.39 Å². The van der Waals surface area contributed by atoms with Crippen molar-refractivity contribution in [3.05, 3.63) is 35.1 Å². The van der Waals surface area contributed by atoms with Crippen molar-refractivity contribution in [2.24, 2.45) is 0 Å². The quantitative estimate of drug-likeness (QED) is 0.754. The van der Waals surface area contributed by atoms with Crippen molar-refractivity contribution in [1.29, 1.82) is 0 Å². The number of aliphatic hydroxyl groups is 1. The topological polar surface area (TPSA) is 20.2 Å². The summed E-state index contributed by atoms with van der Waals surface area (Å²) >= 11 is 0. The first-order chi connectivity index (χ1) is 7.15. The third-order valence-corrected chi connectivity index (χ3v) is 2.32. The lowest BCUT2D eigenvalue weighted by molar-refractivity contribution is 0.168. The molecular formula is C13H15FO. The Morgan fingerprint density at radius 3 is 2.87 bits per heavy atom. The van der Waals surface area contributed by atoms with E-state index in [1.54, 1.807) is 13.0 Å². The Morgan fingerprint density at radius 1 is 1.47 bits per heavy atom. The molecule has 0 heterocycles. The maximum Gasteiger partial charge on any atom is 0.123 e. The molecule has 0 aromatic heterocycles. The molecule has 80 valence electrons. The lowest BCUT2D eigenvalue weighted by Crippen LogP contribution is -2.00. The summed E-state index contributed by atoms with van der Waals surface area (Å²) in [6.07, 6.45) is 0.556. The Balaban J connectivity index is 2.74. The van der Waals surface area contributed by atoms with Crippen LogP contribution in [0, 0.1) is 24.6 Å². The van der Waals surface area contributed by atoms with Crippen molar-refractivity contribution >= 4 is 0 Å². The smallest absolute Gasteiger partial charge is 0.123 e. The van der Waals surface area contributed by atoms with Crippen LogP contribution in [0.3, 0.4) is 0 Å². The Labute approximate surface area is 89.9 Å². The molecule has 0 bridgehead atoms. The Hall–Kier alpha value is -1.33. The molecule has 0 fully saturated rings. The number of hydrogen-bond acceptors (Lipinski definition) is 1. The average molecular weight is 206 g/mol. The van der Waals surface area contributed by atoms with Gasteiger partial charge < -0.3 is 5.11 Å². The highest BCUT2D eigenvalue weighted by molar-refractivity contribution is 5.28. The van der Waals surface area contributed by atoms with Gasteiger partial charge in [-0.3, -0.25) is 0 Å². The summed E-state index contributed by atoms with van der Waals surface area (Å²) in [5.74, 6) is 5.34. The molecular weight excluding hydrogens is 191 g/mol. The van der Waals surface area contributed by atoms with Crippen molar-refractivity contribution in [2.45, 2.75) is 32.8 Å². The highest BCUT2D eigenvalue weighted by atomic mass is 19.1. The molecule has 0 amide bonds. The molecule has 1 unspecified atom stereocenters. The molecule has 0 aliphatic heterocycles. The van der Waals surface area contributed by atoms with Crippen LogP contribution in [0.5, 0.6) is 0 Å². The summed E-state index contributed by atoms with van der Waals surface area (Å²) in [5, 5.41) is 9.82. The van der Waals surface area contributed by atoms with Gasteiger partial charge in [-0.05, 0) is 43.5 Å². The van der Waals surface area contributed by atoms with E-state index in [9.17, 15) is 9.50 Å². The number of halogens is 1. The summed E-state index contributed by atoms with van der Waals surface area (Å²) in [7, 11) is 0. The van der Waals surface area contributed by atoms with E-state index in [0.29, 0.717) is 18.4 Å². The second-order valence-electron chi connectivity index (χ2n) is 3.48. The first-order valence-electron chi connectivity index (χ1n) is 4.99. The van der Waals surface area contributed by atoms with Crippen LogP contribution in [-0.2, 0) is 0 Å². The van der Waals surface area contributed by atoms with E-state index in [1.165, 1.54) is 12.1 Å². The molecule has 1 aromatic rings. The summed E-state index contributed by atoms with van der Waals surface area (Å²) in [4.78, 5) is 0. The summed E-state index contributed by atoms with van der Waals surface area (Å²) in [5.41, 5.74) is 1.57. The highest BCUT2D eigenvalue weighted by Gasteiger charge is 2.10. The van der Waals surface area contributed by atoms with E-state index in [2.05, 4.69) is 11.8 Å². The van der Waals surface area contributed by atoms with Crippen LogP contribution >= 0.6 is 0 Å². The van der Waals surface area contributed by atoms with Crippen LogP contribution in [0.25, 0.3) is 0 Å². The second kappa shape index (κ2) is 5.53. The number of aliphatic hydroxyl groups excluding tert-OH is 1. The standard InChI is InChI=1S/C13H15FO/c1-3-4-5-6-13(15)12-9-11(14)8-7-10(12)2/h7-9,13,15H,5-6H2,1-2H3. The maximum atomic E-state index is 13.0. The van der Waals surface area contributed by atoms with Crippen molar-refractivity contribution in [3.8, 4) is 11.8 Å². The first kappa shape index (κ1) is 11.7. The van der Waals surface area contributed by atoms with E-state index >= 15 is 0 Å². The molecule has 0 aliphatic carbocycles. The SMILES string of the molecule is CC#CCCC(O)c1cc(F)ccc1C. The summed E-state index contributed by atoms with van der Waals surface area (Å²) in [6, 6.07) is 4.47. The van der Waals surface area contributed by atoms with Gasteiger partial charge in [0.1, 0.15) is 5.82 Å². The molecule has 1 N–H and O–H groups in total. The fourth-order valence-corrected chi connectivity index (χ4v) is 1.46. The minimum absolute atomic E-state index is 0.309. The second-order valence-corrected chi connectivity index (χ2v) is 3.48. The van der Waals surface area contributed by atoms with Crippen molar-refractivity contribution < 1.29 is 9.50 Å². The van der Waals surface area contributed by atoms with Gasteiger partial charge in [-0.25, -0.2) is 4.39 Å². The Morgan fingerprint density at radius 2 is 2.20 bits per heavy atom. The van der Waals surface area contributed by atoms with Gasteiger partial charge in [0, 0.05) is 6.42 Å². The van der Waals surface area contributed by atoms with Gasteiger partial charge in [-0.15, -0.1) is 11.8 Å². The third-order valence-electron chi connectivity index (χ3n) is 2.32. The van der Waals surface area contributed by atoms with Crippen LogP contribution in [0.1, 0.15) is 37.0 Å². The predicted octanol–water partition coefficient (Wildman–Crippen LogP) is 2.97. The lowest BCUT2D eigenvalue weighted by atomic mass is 10.00. The fraction of sp³-hybridized carbons (Fsp3) is 0.385. The van der Waals surface area contributed by atoms with Crippen molar-refractivity contribution in [3.63, 3.8) is 0 Å². The molecule has 15 heavy (non-hydrogen) atoms. The molecule has 0 saturated carbocycles. The van der Waals surface area contributed by atoms with Crippen LogP contribution in [0.2, 0.25) is 0 Å². The zero-order valence-electron chi connectivity index (χ0n) is 9.05. The molecule has 1 aromatic carbocycles. The van der Waals surface area contributed by atoms with Crippen LogP contribution < -0.4 is 0 Å². The average Bonchev–Trinajstić information content (AvgIpc) is 2.22. The van der Waals surface area contributed by atoms with E-state index in [0.717, 1.165) is 5.56 Å². The van der Waals surface area contributed by atoms with Crippen LogP contribution in [0.15, 0.2) is 18.2 Å². The van der Waals surface area contributed by atoms with E-state index in [1.807, 2.05) is 6.92 Å². The molecule has 1 nitrogen and oxygen atoms in total. The predicted molar refractivity (Wildman–Crippen MR) is 58.8 cm³/mol. The van der Waals surface area contributed by atoms with Gasteiger partial charge in [0.15, 0.2) is 0 Å². The monoisotopic (exact) mass is 206 g/mol. The molecule has 1 atom stereocenters. The molecule has 0 aliphatic rings. The van der Waals surface area contributed by atoms with Crippen molar-refractivity contribution in [2.75, 3.05) is 0 Å². The van der Waals surface area contributed by atoms with E-state index in [4.69, 9.17) is 0 Å². The minimum Gasteiger partial charge on any atom is -0.388 e. The Bertz CT molecular complexity index is 387. The first-order valence-corrected chi connectivity index (χ1v) is 4.99. The molecule has 0 saturated heterocycles. The number of rotatable bonds is 3. The normalized spacial score (nSPS) is 11.7. The zero-order chi connectivity index (χ0) is 11.3. The summed E-state index contributed by atoms with van der Waals surface area (Å²) < 4.78 is 13.0. The minimum atomic E-state index is -0.624. The third kappa shape index (κ3) is 3.38. The highest BCUT2D eigenvalue weighted by Crippen LogP contribution is 2.22. The van der Waals surface area contributed by atoms with Crippen LogP contribution in [-0.4, -0.2) is 5.11 Å². The zero-order valence-corrected chi connectivity index (χ0v) is 9.05. The molecule has 0 spiro atoms. The largest absolute Gasteiger partial charge is 0.388 e. The van der Waals surface area contributed by atoms with Gasteiger partial charge in [0.25, 0.3) is 0 Å². The molecule has 2 heteroatoms. The van der Waals surface area contributed by atoms with Gasteiger partial charge >= 0.3 is 0 Å².